The van der Waals surface area contributed by atoms with Gasteiger partial charge < -0.3 is 14.2 Å². The number of aromatic nitrogens is 1. The molecule has 180 valence electrons. The highest BCUT2D eigenvalue weighted by Gasteiger charge is 2.12. The summed E-state index contributed by atoms with van der Waals surface area (Å²) >= 11 is 1.74. The number of fused-ring (bicyclic) bond motifs is 1. The van der Waals surface area contributed by atoms with Gasteiger partial charge in [0.25, 0.3) is 0 Å². The molecule has 35 heavy (non-hydrogen) atoms. The fourth-order valence-corrected chi connectivity index (χ4v) is 4.98. The molecule has 0 saturated carbocycles. The lowest BCUT2D eigenvalue weighted by Crippen LogP contribution is -2.04. The van der Waals surface area contributed by atoms with Crippen LogP contribution in [0.3, 0.4) is 0 Å². The molecule has 4 nitrogen and oxygen atoms in total. The van der Waals surface area contributed by atoms with Crippen molar-refractivity contribution in [1.29, 1.82) is 0 Å². The van der Waals surface area contributed by atoms with Gasteiger partial charge in [0.1, 0.15) is 24.7 Å². The summed E-state index contributed by atoms with van der Waals surface area (Å²) in [5, 5.41) is 3.40. The number of methoxy groups -OCH3 is 1. The van der Waals surface area contributed by atoms with Gasteiger partial charge in [0.2, 0.25) is 0 Å². The summed E-state index contributed by atoms with van der Waals surface area (Å²) in [6.45, 7) is 7.64. The third-order valence-electron chi connectivity index (χ3n) is 5.96. The van der Waals surface area contributed by atoms with E-state index in [-0.39, 0.29) is 5.92 Å². The van der Waals surface area contributed by atoms with E-state index in [1.54, 1.807) is 24.6 Å². The highest BCUT2D eigenvalue weighted by atomic mass is 32.1. The smallest absolute Gasteiger partial charge is 0.138 e. The molecule has 0 saturated heterocycles. The van der Waals surface area contributed by atoms with Crippen LogP contribution >= 0.6 is 11.3 Å². The van der Waals surface area contributed by atoms with Crippen molar-refractivity contribution in [3.8, 4) is 34.5 Å². The Kier molecular flexibility index (Phi) is 8.41. The maximum atomic E-state index is 6.11. The van der Waals surface area contributed by atoms with Gasteiger partial charge >= 0.3 is 0 Å². The van der Waals surface area contributed by atoms with E-state index in [0.717, 1.165) is 34.7 Å². The van der Waals surface area contributed by atoms with Crippen LogP contribution in [0.4, 0.5) is 0 Å². The Morgan fingerprint density at radius 1 is 0.971 bits per heavy atom. The molecule has 0 amide bonds. The van der Waals surface area contributed by atoms with Crippen LogP contribution in [0.15, 0.2) is 60.1 Å². The van der Waals surface area contributed by atoms with Gasteiger partial charge in [-0.2, -0.15) is 0 Å². The van der Waals surface area contributed by atoms with Crippen molar-refractivity contribution in [2.75, 3.05) is 20.3 Å². The molecule has 4 aromatic rings. The van der Waals surface area contributed by atoms with Crippen molar-refractivity contribution in [3.05, 3.63) is 76.9 Å². The van der Waals surface area contributed by atoms with Gasteiger partial charge in [0, 0.05) is 39.9 Å². The summed E-state index contributed by atoms with van der Waals surface area (Å²) in [6.07, 6.45) is 2.77. The van der Waals surface area contributed by atoms with Crippen LogP contribution in [-0.2, 0) is 11.3 Å². The maximum Gasteiger partial charge on any atom is 0.138 e. The molecule has 0 N–H and O–H groups in total. The van der Waals surface area contributed by atoms with Gasteiger partial charge in [0.05, 0.1) is 12.8 Å². The summed E-state index contributed by atoms with van der Waals surface area (Å²) in [4.78, 5) is 4.56. The zero-order valence-corrected chi connectivity index (χ0v) is 21.6. The number of nitrogens with zero attached hydrogens (tertiary/aromatic N) is 1. The summed E-state index contributed by atoms with van der Waals surface area (Å²) in [7, 11) is 1.67. The van der Waals surface area contributed by atoms with E-state index in [1.807, 2.05) is 26.0 Å². The largest absolute Gasteiger partial charge is 0.490 e. The molecule has 0 bridgehead atoms. The number of rotatable bonds is 10. The van der Waals surface area contributed by atoms with Crippen LogP contribution in [0.1, 0.15) is 43.0 Å². The number of pyridine rings is 1. The quantitative estimate of drug-likeness (QED) is 0.173. The zero-order chi connectivity index (χ0) is 24.6. The van der Waals surface area contributed by atoms with Gasteiger partial charge in [-0.25, -0.2) is 0 Å². The number of ether oxygens (including phenoxy) is 3. The van der Waals surface area contributed by atoms with Crippen molar-refractivity contribution in [3.63, 3.8) is 0 Å². The van der Waals surface area contributed by atoms with E-state index in [0.29, 0.717) is 19.8 Å². The van der Waals surface area contributed by atoms with E-state index in [9.17, 15) is 0 Å². The summed E-state index contributed by atoms with van der Waals surface area (Å²) in [6, 6.07) is 16.9. The van der Waals surface area contributed by atoms with Crippen LogP contribution in [0.5, 0.6) is 11.5 Å². The van der Waals surface area contributed by atoms with E-state index in [4.69, 9.17) is 14.2 Å². The molecule has 0 aliphatic heterocycles. The number of hydrogen-bond acceptors (Lipinski definition) is 5. The van der Waals surface area contributed by atoms with Gasteiger partial charge in [-0.1, -0.05) is 31.0 Å². The molecule has 0 fully saturated rings. The summed E-state index contributed by atoms with van der Waals surface area (Å²) < 4.78 is 18.2. The molecule has 2 aromatic carbocycles. The Bertz CT molecular complexity index is 1330. The fourth-order valence-electron chi connectivity index (χ4n) is 4.04. The van der Waals surface area contributed by atoms with Crippen molar-refractivity contribution in [2.24, 2.45) is 0 Å². The normalized spacial score (nSPS) is 11.7. The Balaban J connectivity index is 1.52. The summed E-state index contributed by atoms with van der Waals surface area (Å²) in [5.41, 5.74) is 5.59. The van der Waals surface area contributed by atoms with Gasteiger partial charge in [-0.15, -0.1) is 17.3 Å². The SMILES string of the molecule is CC#CC(CC)c1ccc(OCc2ccc3scc(-c4cc(OCCOC)cnc4C)c3c2)cc1. The van der Waals surface area contributed by atoms with E-state index >= 15 is 0 Å². The molecule has 2 aromatic heterocycles. The number of benzene rings is 2. The van der Waals surface area contributed by atoms with Gasteiger partial charge in [0.15, 0.2) is 0 Å². The van der Waals surface area contributed by atoms with E-state index < -0.39 is 0 Å². The van der Waals surface area contributed by atoms with E-state index in [2.05, 4.69) is 65.5 Å². The van der Waals surface area contributed by atoms with Crippen molar-refractivity contribution in [1.82, 2.24) is 4.98 Å². The van der Waals surface area contributed by atoms with Crippen molar-refractivity contribution < 1.29 is 14.2 Å². The average molecular weight is 486 g/mol. The Hall–Kier alpha value is -3.33. The second-order valence-electron chi connectivity index (χ2n) is 8.34. The van der Waals surface area contributed by atoms with Crippen LogP contribution in [0.2, 0.25) is 0 Å². The number of thiophene rings is 1. The third kappa shape index (κ3) is 6.03. The second kappa shape index (κ2) is 11.9. The van der Waals surface area contributed by atoms with Gasteiger partial charge in [-0.05, 0) is 67.1 Å². The van der Waals surface area contributed by atoms with E-state index in [1.165, 1.54) is 21.2 Å². The molecule has 0 aliphatic carbocycles. The first-order valence-electron chi connectivity index (χ1n) is 11.9. The molecular formula is C30H31NO3S. The second-order valence-corrected chi connectivity index (χ2v) is 9.25. The molecule has 2 heterocycles. The van der Waals surface area contributed by atoms with Gasteiger partial charge in [-0.3, -0.25) is 4.98 Å². The van der Waals surface area contributed by atoms with Crippen molar-refractivity contribution >= 4 is 21.4 Å². The molecule has 0 aliphatic rings. The molecule has 0 radical (unpaired) electrons. The first-order chi connectivity index (χ1) is 17.1. The fraction of sp³-hybridized carbons (Fsp3) is 0.300. The van der Waals surface area contributed by atoms with Crippen LogP contribution in [0.25, 0.3) is 21.2 Å². The predicted molar refractivity (Wildman–Crippen MR) is 144 cm³/mol. The lowest BCUT2D eigenvalue weighted by atomic mass is 9.97. The van der Waals surface area contributed by atoms with Crippen molar-refractivity contribution in [2.45, 2.75) is 39.7 Å². The Morgan fingerprint density at radius 2 is 1.80 bits per heavy atom. The first kappa shape index (κ1) is 24.8. The molecule has 4 rings (SSSR count). The lowest BCUT2D eigenvalue weighted by Gasteiger charge is -2.11. The molecule has 5 heteroatoms. The average Bonchev–Trinajstić information content (AvgIpc) is 3.30. The third-order valence-corrected chi connectivity index (χ3v) is 6.92. The van der Waals surface area contributed by atoms with Crippen LogP contribution in [0, 0.1) is 18.8 Å². The van der Waals surface area contributed by atoms with Crippen LogP contribution < -0.4 is 9.47 Å². The topological polar surface area (TPSA) is 40.6 Å². The first-order valence-corrected chi connectivity index (χ1v) is 12.7. The monoisotopic (exact) mass is 485 g/mol. The summed E-state index contributed by atoms with van der Waals surface area (Å²) in [5.74, 6) is 8.18. The molecule has 1 unspecified atom stereocenters. The minimum absolute atomic E-state index is 0.273. The predicted octanol–water partition coefficient (Wildman–Crippen LogP) is 7.39. The molecule has 1 atom stereocenters. The van der Waals surface area contributed by atoms with Crippen LogP contribution in [-0.4, -0.2) is 25.3 Å². The highest BCUT2D eigenvalue weighted by Crippen LogP contribution is 2.37. The molecular weight excluding hydrogens is 454 g/mol. The Morgan fingerprint density at radius 3 is 2.54 bits per heavy atom. The minimum atomic E-state index is 0.273. The maximum absolute atomic E-state index is 6.11. The highest BCUT2D eigenvalue weighted by molar-refractivity contribution is 7.17. The standard InChI is InChI=1S/C30H31NO3S/c1-5-7-23(6-2)24-9-11-25(12-10-24)34-19-22-8-13-30-28(16-22)29(20-35-30)27-17-26(18-31-21(27)3)33-15-14-32-4/h8-13,16-18,20,23H,6,14-15,19H2,1-4H3. The minimum Gasteiger partial charge on any atom is -0.490 e. The Labute approximate surface area is 211 Å². The number of hydrogen-bond donors (Lipinski definition) is 0. The zero-order valence-electron chi connectivity index (χ0n) is 20.8. The number of aryl methyl sites for hydroxylation is 1. The molecule has 0 spiro atoms. The lowest BCUT2D eigenvalue weighted by molar-refractivity contribution is 0.146.